The van der Waals surface area contributed by atoms with Crippen LogP contribution in [0.1, 0.15) is 28.8 Å². The zero-order valence-electron chi connectivity index (χ0n) is 10.6. The van der Waals surface area contributed by atoms with Crippen molar-refractivity contribution in [1.29, 1.82) is 0 Å². The molecule has 4 heteroatoms. The van der Waals surface area contributed by atoms with E-state index < -0.39 is 5.97 Å². The van der Waals surface area contributed by atoms with Crippen LogP contribution in [0.2, 0.25) is 0 Å². The van der Waals surface area contributed by atoms with Crippen LogP contribution in [0.3, 0.4) is 0 Å². The summed E-state index contributed by atoms with van der Waals surface area (Å²) in [7, 11) is 0. The Morgan fingerprint density at radius 1 is 1.39 bits per heavy atom. The Labute approximate surface area is 107 Å². The molecule has 0 saturated carbocycles. The van der Waals surface area contributed by atoms with Crippen LogP contribution in [0, 0.1) is 12.8 Å². The number of rotatable bonds is 3. The quantitative estimate of drug-likeness (QED) is 0.859. The van der Waals surface area contributed by atoms with E-state index in [4.69, 9.17) is 10.2 Å². The van der Waals surface area contributed by atoms with Gasteiger partial charge in [-0.1, -0.05) is 0 Å². The number of nitrogens with zero attached hydrogens (tertiary/aromatic N) is 1. The zero-order valence-corrected chi connectivity index (χ0v) is 10.6. The Hall–Kier alpha value is -1.55. The molecule has 0 aromatic heterocycles. The molecule has 0 bridgehead atoms. The summed E-state index contributed by atoms with van der Waals surface area (Å²) < 4.78 is 0. The fourth-order valence-electron chi connectivity index (χ4n) is 2.50. The highest BCUT2D eigenvalue weighted by Crippen LogP contribution is 2.26. The van der Waals surface area contributed by atoms with Gasteiger partial charge in [-0.3, -0.25) is 0 Å². The van der Waals surface area contributed by atoms with Gasteiger partial charge in [0.1, 0.15) is 0 Å². The average molecular weight is 249 g/mol. The third-order valence-electron chi connectivity index (χ3n) is 3.66. The number of hydrogen-bond acceptors (Lipinski definition) is 3. The monoisotopic (exact) mass is 249 g/mol. The van der Waals surface area contributed by atoms with Crippen molar-refractivity contribution in [3.63, 3.8) is 0 Å². The minimum atomic E-state index is -0.886. The first kappa shape index (κ1) is 12.9. The molecule has 0 atom stereocenters. The molecule has 0 aliphatic carbocycles. The Morgan fingerprint density at radius 2 is 2.06 bits per heavy atom. The molecule has 2 rings (SSSR count). The van der Waals surface area contributed by atoms with Gasteiger partial charge in [-0.15, -0.1) is 0 Å². The smallest absolute Gasteiger partial charge is 0.335 e. The van der Waals surface area contributed by atoms with E-state index in [1.807, 2.05) is 13.0 Å². The van der Waals surface area contributed by atoms with Crippen LogP contribution in [0.5, 0.6) is 0 Å². The van der Waals surface area contributed by atoms with Gasteiger partial charge in [-0.05, 0) is 49.4 Å². The summed E-state index contributed by atoms with van der Waals surface area (Å²) in [6.07, 6.45) is 1.99. The third-order valence-corrected chi connectivity index (χ3v) is 3.66. The van der Waals surface area contributed by atoms with Crippen molar-refractivity contribution in [2.45, 2.75) is 19.8 Å². The minimum Gasteiger partial charge on any atom is -0.478 e. The SMILES string of the molecule is Cc1cc(C(=O)O)ccc1N1CCC(CO)CC1. The van der Waals surface area contributed by atoms with Gasteiger partial charge in [-0.2, -0.15) is 0 Å². The Bertz CT molecular complexity index is 437. The van der Waals surface area contributed by atoms with Crippen LogP contribution in [-0.2, 0) is 0 Å². The van der Waals surface area contributed by atoms with Gasteiger partial charge in [0.25, 0.3) is 0 Å². The molecule has 1 aliphatic rings. The minimum absolute atomic E-state index is 0.269. The average Bonchev–Trinajstić information content (AvgIpc) is 2.38. The van der Waals surface area contributed by atoms with Gasteiger partial charge in [0, 0.05) is 25.4 Å². The summed E-state index contributed by atoms with van der Waals surface area (Å²) in [5.41, 5.74) is 2.44. The Balaban J connectivity index is 2.12. The van der Waals surface area contributed by atoms with Crippen LogP contribution in [0.15, 0.2) is 18.2 Å². The zero-order chi connectivity index (χ0) is 13.1. The van der Waals surface area contributed by atoms with E-state index in [0.717, 1.165) is 37.2 Å². The molecule has 1 saturated heterocycles. The van der Waals surface area contributed by atoms with Crippen LogP contribution in [0.4, 0.5) is 5.69 Å². The molecule has 1 aromatic rings. The topological polar surface area (TPSA) is 60.8 Å². The van der Waals surface area contributed by atoms with Crippen LogP contribution >= 0.6 is 0 Å². The summed E-state index contributed by atoms with van der Waals surface area (Å²) in [4.78, 5) is 13.2. The number of aliphatic hydroxyl groups is 1. The third kappa shape index (κ3) is 2.64. The number of carboxylic acids is 1. The molecule has 2 N–H and O–H groups in total. The molecule has 1 aliphatic heterocycles. The first-order chi connectivity index (χ1) is 8.61. The summed E-state index contributed by atoms with van der Waals surface area (Å²) >= 11 is 0. The van der Waals surface area contributed by atoms with E-state index in [1.54, 1.807) is 12.1 Å². The summed E-state index contributed by atoms with van der Waals surface area (Å²) in [5.74, 6) is -0.469. The highest BCUT2D eigenvalue weighted by Gasteiger charge is 2.20. The lowest BCUT2D eigenvalue weighted by Crippen LogP contribution is -2.35. The second kappa shape index (κ2) is 5.40. The van der Waals surface area contributed by atoms with Gasteiger partial charge in [0.2, 0.25) is 0 Å². The molecule has 98 valence electrons. The summed E-state index contributed by atoms with van der Waals surface area (Å²) in [5, 5.41) is 18.1. The first-order valence-corrected chi connectivity index (χ1v) is 6.31. The molecule has 0 amide bonds. The number of aryl methyl sites for hydroxylation is 1. The fourth-order valence-corrected chi connectivity index (χ4v) is 2.50. The van der Waals surface area contributed by atoms with Crippen molar-refractivity contribution in [3.8, 4) is 0 Å². The van der Waals surface area contributed by atoms with Gasteiger partial charge >= 0.3 is 5.97 Å². The second-order valence-electron chi connectivity index (χ2n) is 4.92. The molecule has 4 nitrogen and oxygen atoms in total. The lowest BCUT2D eigenvalue weighted by atomic mass is 9.96. The molecular formula is C14H19NO3. The van der Waals surface area contributed by atoms with E-state index in [1.165, 1.54) is 0 Å². The summed E-state index contributed by atoms with van der Waals surface area (Å²) in [6.45, 7) is 4.07. The predicted molar refractivity (Wildman–Crippen MR) is 70.2 cm³/mol. The lowest BCUT2D eigenvalue weighted by molar-refractivity contribution is 0.0697. The Morgan fingerprint density at radius 3 is 2.56 bits per heavy atom. The number of benzene rings is 1. The van der Waals surface area contributed by atoms with Gasteiger partial charge in [-0.25, -0.2) is 4.79 Å². The van der Waals surface area contributed by atoms with E-state index in [9.17, 15) is 4.79 Å². The molecule has 1 aromatic carbocycles. The number of carbonyl (C=O) groups is 1. The first-order valence-electron chi connectivity index (χ1n) is 6.31. The summed E-state index contributed by atoms with van der Waals surface area (Å²) in [6, 6.07) is 5.26. The van der Waals surface area contributed by atoms with Gasteiger partial charge < -0.3 is 15.1 Å². The van der Waals surface area contributed by atoms with Crippen molar-refractivity contribution in [2.75, 3.05) is 24.6 Å². The largest absolute Gasteiger partial charge is 0.478 e. The predicted octanol–water partition coefficient (Wildman–Crippen LogP) is 1.90. The molecule has 0 radical (unpaired) electrons. The van der Waals surface area contributed by atoms with Crippen molar-refractivity contribution < 1.29 is 15.0 Å². The maximum atomic E-state index is 10.9. The van der Waals surface area contributed by atoms with Crippen molar-refractivity contribution >= 4 is 11.7 Å². The van der Waals surface area contributed by atoms with E-state index >= 15 is 0 Å². The van der Waals surface area contributed by atoms with Crippen LogP contribution < -0.4 is 4.90 Å². The van der Waals surface area contributed by atoms with Crippen LogP contribution in [-0.4, -0.2) is 35.9 Å². The fraction of sp³-hybridized carbons (Fsp3) is 0.500. The Kier molecular flexibility index (Phi) is 3.87. The van der Waals surface area contributed by atoms with Crippen molar-refractivity contribution in [2.24, 2.45) is 5.92 Å². The van der Waals surface area contributed by atoms with Crippen molar-refractivity contribution in [1.82, 2.24) is 0 Å². The maximum Gasteiger partial charge on any atom is 0.335 e. The van der Waals surface area contributed by atoms with Crippen LogP contribution in [0.25, 0.3) is 0 Å². The standard InChI is InChI=1S/C14H19NO3/c1-10-8-12(14(17)18)2-3-13(10)15-6-4-11(9-16)5-7-15/h2-3,8,11,16H,4-7,9H2,1H3,(H,17,18). The van der Waals surface area contributed by atoms with Crippen molar-refractivity contribution in [3.05, 3.63) is 29.3 Å². The van der Waals surface area contributed by atoms with Gasteiger partial charge in [0.15, 0.2) is 0 Å². The lowest BCUT2D eigenvalue weighted by Gasteiger charge is -2.33. The molecular weight excluding hydrogens is 230 g/mol. The second-order valence-corrected chi connectivity index (χ2v) is 4.92. The van der Waals surface area contributed by atoms with E-state index in [-0.39, 0.29) is 6.61 Å². The molecule has 0 spiro atoms. The highest BCUT2D eigenvalue weighted by molar-refractivity contribution is 5.88. The molecule has 1 heterocycles. The van der Waals surface area contributed by atoms with E-state index in [2.05, 4.69) is 4.90 Å². The number of hydrogen-bond donors (Lipinski definition) is 2. The number of carboxylic acid groups (broad SMARTS) is 1. The normalized spacial score (nSPS) is 16.9. The van der Waals surface area contributed by atoms with E-state index in [0.29, 0.717) is 11.5 Å². The molecule has 1 fully saturated rings. The highest BCUT2D eigenvalue weighted by atomic mass is 16.4. The number of aromatic carboxylic acids is 1. The molecule has 18 heavy (non-hydrogen) atoms. The molecule has 0 unspecified atom stereocenters. The number of aliphatic hydroxyl groups excluding tert-OH is 1. The maximum absolute atomic E-state index is 10.9. The number of piperidine rings is 1. The van der Waals surface area contributed by atoms with Gasteiger partial charge in [0.05, 0.1) is 5.56 Å². The number of anilines is 1.